The normalized spacial score (nSPS) is 12.3. The minimum Gasteiger partial charge on any atom is -0.383 e. The number of rotatable bonds is 6. The Balaban J connectivity index is 2.30. The van der Waals surface area contributed by atoms with Crippen LogP contribution in [-0.2, 0) is 6.42 Å². The van der Waals surface area contributed by atoms with E-state index in [9.17, 15) is 4.39 Å². The Kier molecular flexibility index (Phi) is 5.70. The van der Waals surface area contributed by atoms with E-state index >= 15 is 0 Å². The molecule has 5 heteroatoms. The molecule has 1 unspecified atom stereocenters. The molecule has 1 aromatic carbocycles. The molecule has 3 N–H and O–H groups in total. The van der Waals surface area contributed by atoms with Gasteiger partial charge in [-0.1, -0.05) is 28.9 Å². The van der Waals surface area contributed by atoms with E-state index < -0.39 is 0 Å². The molecule has 1 heterocycles. The number of pyridine rings is 1. The fourth-order valence-corrected chi connectivity index (χ4v) is 2.76. The zero-order valence-electron chi connectivity index (χ0n) is 11.9. The number of halogens is 2. The first-order valence-electron chi connectivity index (χ1n) is 6.99. The molecule has 0 amide bonds. The van der Waals surface area contributed by atoms with Gasteiger partial charge in [0, 0.05) is 16.7 Å². The van der Waals surface area contributed by atoms with Gasteiger partial charge in [0.05, 0.1) is 0 Å². The summed E-state index contributed by atoms with van der Waals surface area (Å²) in [6.45, 7) is 2.96. The zero-order valence-corrected chi connectivity index (χ0v) is 13.5. The predicted octanol–water partition coefficient (Wildman–Crippen LogP) is 3.85. The van der Waals surface area contributed by atoms with Crippen molar-refractivity contribution in [1.82, 2.24) is 10.3 Å². The van der Waals surface area contributed by atoms with Crippen molar-refractivity contribution in [2.75, 3.05) is 12.3 Å². The summed E-state index contributed by atoms with van der Waals surface area (Å²) in [5, 5.41) is 3.45. The lowest BCUT2D eigenvalue weighted by Crippen LogP contribution is -2.25. The average molecular weight is 352 g/mol. The SMILES string of the molecule is CCCNC(Cc1cccnc1N)c1cc(F)ccc1Br. The predicted molar refractivity (Wildman–Crippen MR) is 87.5 cm³/mol. The number of nitrogen functional groups attached to an aromatic ring is 1. The van der Waals surface area contributed by atoms with Crippen molar-refractivity contribution >= 4 is 21.7 Å². The molecule has 112 valence electrons. The van der Waals surface area contributed by atoms with Gasteiger partial charge >= 0.3 is 0 Å². The van der Waals surface area contributed by atoms with Gasteiger partial charge in [-0.15, -0.1) is 0 Å². The molecule has 3 nitrogen and oxygen atoms in total. The standard InChI is InChI=1S/C16H19BrFN3/c1-2-7-20-15(9-11-4-3-8-21-16(11)19)13-10-12(18)5-6-14(13)17/h3-6,8,10,15,20H,2,7,9H2,1H3,(H2,19,21). The molecule has 1 atom stereocenters. The van der Waals surface area contributed by atoms with Gasteiger partial charge in [-0.2, -0.15) is 0 Å². The zero-order chi connectivity index (χ0) is 15.2. The molecule has 0 aliphatic carbocycles. The Morgan fingerprint density at radius 2 is 2.19 bits per heavy atom. The quantitative estimate of drug-likeness (QED) is 0.830. The summed E-state index contributed by atoms with van der Waals surface area (Å²) in [7, 11) is 0. The lowest BCUT2D eigenvalue weighted by molar-refractivity contribution is 0.522. The first-order chi connectivity index (χ1) is 10.1. The summed E-state index contributed by atoms with van der Waals surface area (Å²) in [4.78, 5) is 4.11. The molecule has 0 aliphatic rings. The van der Waals surface area contributed by atoms with Crippen LogP contribution < -0.4 is 11.1 Å². The number of nitrogens with one attached hydrogen (secondary N) is 1. The number of nitrogens with zero attached hydrogens (tertiary/aromatic N) is 1. The number of aromatic nitrogens is 1. The van der Waals surface area contributed by atoms with Crippen molar-refractivity contribution in [2.24, 2.45) is 0 Å². The van der Waals surface area contributed by atoms with Gasteiger partial charge < -0.3 is 11.1 Å². The van der Waals surface area contributed by atoms with Crippen molar-refractivity contribution in [3.05, 3.63) is 57.9 Å². The Hall–Kier alpha value is -1.46. The van der Waals surface area contributed by atoms with Crippen LogP contribution in [0.25, 0.3) is 0 Å². The van der Waals surface area contributed by atoms with Crippen LogP contribution in [0, 0.1) is 5.82 Å². The van der Waals surface area contributed by atoms with Gasteiger partial charge in [-0.05, 0) is 54.8 Å². The van der Waals surface area contributed by atoms with Crippen molar-refractivity contribution in [3.8, 4) is 0 Å². The van der Waals surface area contributed by atoms with Gasteiger partial charge in [0.1, 0.15) is 11.6 Å². The number of benzene rings is 1. The Morgan fingerprint density at radius 3 is 2.90 bits per heavy atom. The highest BCUT2D eigenvalue weighted by Gasteiger charge is 2.17. The van der Waals surface area contributed by atoms with Crippen molar-refractivity contribution in [3.63, 3.8) is 0 Å². The number of hydrogen-bond acceptors (Lipinski definition) is 3. The number of anilines is 1. The Morgan fingerprint density at radius 1 is 1.38 bits per heavy atom. The largest absolute Gasteiger partial charge is 0.383 e. The molecule has 0 saturated heterocycles. The molecule has 0 radical (unpaired) electrons. The van der Waals surface area contributed by atoms with E-state index in [0.29, 0.717) is 12.2 Å². The van der Waals surface area contributed by atoms with E-state index in [1.165, 1.54) is 6.07 Å². The molecule has 0 saturated carbocycles. The summed E-state index contributed by atoms with van der Waals surface area (Å²) in [6.07, 6.45) is 3.35. The van der Waals surface area contributed by atoms with Gasteiger partial charge in [0.2, 0.25) is 0 Å². The molecule has 0 bridgehead atoms. The molecule has 2 aromatic rings. The van der Waals surface area contributed by atoms with Crippen LogP contribution >= 0.6 is 15.9 Å². The van der Waals surface area contributed by atoms with Crippen molar-refractivity contribution < 1.29 is 4.39 Å². The first-order valence-corrected chi connectivity index (χ1v) is 7.78. The van der Waals surface area contributed by atoms with E-state index in [-0.39, 0.29) is 11.9 Å². The van der Waals surface area contributed by atoms with Crippen LogP contribution in [0.15, 0.2) is 41.0 Å². The lowest BCUT2D eigenvalue weighted by atomic mass is 9.99. The topological polar surface area (TPSA) is 50.9 Å². The molecule has 1 aromatic heterocycles. The third kappa shape index (κ3) is 4.25. The van der Waals surface area contributed by atoms with Gasteiger partial charge in [0.15, 0.2) is 0 Å². The Labute approximate surface area is 132 Å². The molecule has 0 aliphatic heterocycles. The van der Waals surface area contributed by atoms with Gasteiger partial charge in [-0.3, -0.25) is 0 Å². The minimum atomic E-state index is -0.240. The highest BCUT2D eigenvalue weighted by atomic mass is 79.9. The molecular weight excluding hydrogens is 333 g/mol. The van der Waals surface area contributed by atoms with Crippen LogP contribution in [0.4, 0.5) is 10.2 Å². The van der Waals surface area contributed by atoms with E-state index in [1.807, 2.05) is 12.1 Å². The highest BCUT2D eigenvalue weighted by Crippen LogP contribution is 2.28. The summed E-state index contributed by atoms with van der Waals surface area (Å²) in [5.74, 6) is 0.281. The van der Waals surface area contributed by atoms with Crippen LogP contribution in [0.1, 0.15) is 30.5 Å². The fourth-order valence-electron chi connectivity index (χ4n) is 2.24. The third-order valence-corrected chi connectivity index (χ3v) is 4.05. The second kappa shape index (κ2) is 7.52. The smallest absolute Gasteiger partial charge is 0.126 e. The second-order valence-corrected chi connectivity index (χ2v) is 5.78. The minimum absolute atomic E-state index is 0.0125. The summed E-state index contributed by atoms with van der Waals surface area (Å²) in [5.41, 5.74) is 7.77. The number of nitrogens with two attached hydrogens (primary N) is 1. The van der Waals surface area contributed by atoms with Crippen LogP contribution in [0.3, 0.4) is 0 Å². The molecule has 21 heavy (non-hydrogen) atoms. The maximum Gasteiger partial charge on any atom is 0.126 e. The second-order valence-electron chi connectivity index (χ2n) is 4.92. The summed E-state index contributed by atoms with van der Waals surface area (Å²) in [6, 6.07) is 8.55. The first kappa shape index (κ1) is 15.9. The van der Waals surface area contributed by atoms with Crippen molar-refractivity contribution in [1.29, 1.82) is 0 Å². The maximum absolute atomic E-state index is 13.6. The maximum atomic E-state index is 13.6. The Bertz CT molecular complexity index is 604. The summed E-state index contributed by atoms with van der Waals surface area (Å²) >= 11 is 3.50. The monoisotopic (exact) mass is 351 g/mol. The van der Waals surface area contributed by atoms with Crippen LogP contribution in [0.2, 0.25) is 0 Å². The lowest BCUT2D eigenvalue weighted by Gasteiger charge is -2.21. The van der Waals surface area contributed by atoms with E-state index in [1.54, 1.807) is 18.3 Å². The average Bonchev–Trinajstić information content (AvgIpc) is 2.48. The third-order valence-electron chi connectivity index (χ3n) is 3.32. The number of hydrogen-bond donors (Lipinski definition) is 2. The van der Waals surface area contributed by atoms with Gasteiger partial charge in [-0.25, -0.2) is 9.37 Å². The van der Waals surface area contributed by atoms with E-state index in [4.69, 9.17) is 5.73 Å². The molecule has 2 rings (SSSR count). The van der Waals surface area contributed by atoms with Gasteiger partial charge in [0.25, 0.3) is 0 Å². The molecule has 0 fully saturated rings. The summed E-state index contributed by atoms with van der Waals surface area (Å²) < 4.78 is 14.5. The van der Waals surface area contributed by atoms with E-state index in [2.05, 4.69) is 33.2 Å². The molecule has 0 spiro atoms. The fraction of sp³-hybridized carbons (Fsp3) is 0.312. The van der Waals surface area contributed by atoms with Crippen LogP contribution in [-0.4, -0.2) is 11.5 Å². The molecular formula is C16H19BrFN3. The van der Waals surface area contributed by atoms with Crippen LogP contribution in [0.5, 0.6) is 0 Å². The highest BCUT2D eigenvalue weighted by molar-refractivity contribution is 9.10. The van der Waals surface area contributed by atoms with Crippen molar-refractivity contribution in [2.45, 2.75) is 25.8 Å². The van der Waals surface area contributed by atoms with E-state index in [0.717, 1.165) is 28.6 Å².